The van der Waals surface area contributed by atoms with Gasteiger partial charge in [-0.2, -0.15) is 0 Å². The van der Waals surface area contributed by atoms with Crippen LogP contribution in [0.4, 0.5) is 5.13 Å². The molecule has 1 aromatic heterocycles. The van der Waals surface area contributed by atoms with Crippen molar-refractivity contribution in [2.75, 3.05) is 18.6 Å². The van der Waals surface area contributed by atoms with E-state index in [-0.39, 0.29) is 24.8 Å². The maximum Gasteiger partial charge on any atom is 0.350 e. The standard InChI is InChI=1S/C12H15N3O5S2/c1-20-11(17)10-9(6-2-3-6)14-12(21-10)15-5-7(4-8(15)16)22(13,18)19/h6-7H,2-5H2,1H3,(H2,13,18,19). The smallest absolute Gasteiger partial charge is 0.350 e. The molecule has 1 saturated heterocycles. The van der Waals surface area contributed by atoms with Gasteiger partial charge in [0, 0.05) is 18.9 Å². The predicted octanol–water partition coefficient (Wildman–Crippen LogP) is 0.201. The van der Waals surface area contributed by atoms with Gasteiger partial charge in [0.15, 0.2) is 5.13 Å². The summed E-state index contributed by atoms with van der Waals surface area (Å²) >= 11 is 1.06. The molecule has 2 fully saturated rings. The molecule has 2 heterocycles. The number of ether oxygens (including phenoxy) is 1. The molecule has 120 valence electrons. The highest BCUT2D eigenvalue weighted by Gasteiger charge is 2.40. The van der Waals surface area contributed by atoms with Crippen molar-refractivity contribution in [3.05, 3.63) is 10.6 Å². The Morgan fingerprint density at radius 1 is 1.45 bits per heavy atom. The third kappa shape index (κ3) is 2.73. The first-order valence-electron chi connectivity index (χ1n) is 6.72. The fraction of sp³-hybridized carbons (Fsp3) is 0.583. The molecule has 1 aliphatic heterocycles. The van der Waals surface area contributed by atoms with E-state index in [4.69, 9.17) is 9.88 Å². The Hall–Kier alpha value is -1.52. The van der Waals surface area contributed by atoms with E-state index in [0.29, 0.717) is 15.7 Å². The van der Waals surface area contributed by atoms with Crippen LogP contribution in [0.2, 0.25) is 0 Å². The van der Waals surface area contributed by atoms with Gasteiger partial charge < -0.3 is 4.74 Å². The number of carbonyl (C=O) groups is 2. The lowest BCUT2D eigenvalue weighted by Crippen LogP contribution is -2.32. The second-order valence-electron chi connectivity index (χ2n) is 5.40. The summed E-state index contributed by atoms with van der Waals surface area (Å²) in [4.78, 5) is 29.9. The van der Waals surface area contributed by atoms with Crippen molar-refractivity contribution in [3.63, 3.8) is 0 Å². The lowest BCUT2D eigenvalue weighted by Gasteiger charge is -2.11. The summed E-state index contributed by atoms with van der Waals surface area (Å²) in [6.07, 6.45) is 1.73. The van der Waals surface area contributed by atoms with Gasteiger partial charge in [-0.15, -0.1) is 0 Å². The van der Waals surface area contributed by atoms with Gasteiger partial charge in [-0.1, -0.05) is 11.3 Å². The van der Waals surface area contributed by atoms with Crippen LogP contribution in [0, 0.1) is 0 Å². The molecule has 0 bridgehead atoms. The summed E-state index contributed by atoms with van der Waals surface area (Å²) in [5.74, 6) is -0.627. The van der Waals surface area contributed by atoms with Crippen molar-refractivity contribution >= 4 is 38.4 Å². The van der Waals surface area contributed by atoms with Crippen molar-refractivity contribution < 1.29 is 22.7 Å². The van der Waals surface area contributed by atoms with Gasteiger partial charge in [0.25, 0.3) is 0 Å². The van der Waals surface area contributed by atoms with Crippen LogP contribution in [-0.2, 0) is 19.6 Å². The Labute approximate surface area is 131 Å². The van der Waals surface area contributed by atoms with Crippen molar-refractivity contribution in [2.45, 2.75) is 30.4 Å². The number of hydrogen-bond donors (Lipinski definition) is 1. The Kier molecular flexibility index (Phi) is 3.69. The number of rotatable bonds is 4. The minimum atomic E-state index is -3.78. The molecule has 1 amide bonds. The molecule has 0 radical (unpaired) electrons. The van der Waals surface area contributed by atoms with Crippen molar-refractivity contribution in [3.8, 4) is 0 Å². The number of amides is 1. The fourth-order valence-electron chi connectivity index (χ4n) is 2.39. The monoisotopic (exact) mass is 345 g/mol. The first-order chi connectivity index (χ1) is 10.3. The molecule has 0 spiro atoms. The number of aromatic nitrogens is 1. The zero-order chi connectivity index (χ0) is 16.1. The number of nitrogens with two attached hydrogens (primary N) is 1. The fourth-order valence-corrected chi connectivity index (χ4v) is 4.22. The maximum atomic E-state index is 12.0. The normalized spacial score (nSPS) is 22.2. The van der Waals surface area contributed by atoms with Crippen LogP contribution in [-0.4, -0.2) is 44.2 Å². The van der Waals surface area contributed by atoms with E-state index in [9.17, 15) is 18.0 Å². The zero-order valence-corrected chi connectivity index (χ0v) is 13.4. The molecule has 10 heteroatoms. The average molecular weight is 345 g/mol. The summed E-state index contributed by atoms with van der Waals surface area (Å²) in [6, 6.07) is 0. The number of methoxy groups -OCH3 is 1. The van der Waals surface area contributed by atoms with Crippen LogP contribution < -0.4 is 10.0 Å². The third-order valence-corrected chi connectivity index (χ3v) is 6.08. The number of thiazole rings is 1. The Morgan fingerprint density at radius 3 is 2.64 bits per heavy atom. The summed E-state index contributed by atoms with van der Waals surface area (Å²) < 4.78 is 27.6. The first kappa shape index (κ1) is 15.4. The predicted molar refractivity (Wildman–Crippen MR) is 79.3 cm³/mol. The largest absolute Gasteiger partial charge is 0.465 e. The lowest BCUT2D eigenvalue weighted by atomic mass is 10.2. The molecular weight excluding hydrogens is 330 g/mol. The molecular formula is C12H15N3O5S2. The summed E-state index contributed by atoms with van der Waals surface area (Å²) in [5, 5.41) is 4.51. The van der Waals surface area contributed by atoms with Crippen LogP contribution in [0.15, 0.2) is 0 Å². The molecule has 1 aromatic rings. The number of esters is 1. The van der Waals surface area contributed by atoms with Gasteiger partial charge in [-0.25, -0.2) is 23.3 Å². The van der Waals surface area contributed by atoms with E-state index in [1.807, 2.05) is 0 Å². The summed E-state index contributed by atoms with van der Waals surface area (Å²) in [7, 11) is -2.49. The SMILES string of the molecule is COC(=O)c1sc(N2CC(S(N)(=O)=O)CC2=O)nc1C1CC1. The maximum absolute atomic E-state index is 12.0. The highest BCUT2D eigenvalue weighted by Crippen LogP contribution is 2.44. The minimum absolute atomic E-state index is 0.0318. The van der Waals surface area contributed by atoms with E-state index in [2.05, 4.69) is 4.98 Å². The lowest BCUT2D eigenvalue weighted by molar-refractivity contribution is -0.117. The molecule has 0 aromatic carbocycles. The van der Waals surface area contributed by atoms with Crippen LogP contribution in [0.5, 0.6) is 0 Å². The van der Waals surface area contributed by atoms with Crippen LogP contribution in [0.3, 0.4) is 0 Å². The molecule has 1 aliphatic carbocycles. The molecule has 3 rings (SSSR count). The minimum Gasteiger partial charge on any atom is -0.465 e. The third-order valence-electron chi connectivity index (χ3n) is 3.76. The number of hydrogen-bond acceptors (Lipinski definition) is 7. The zero-order valence-electron chi connectivity index (χ0n) is 11.8. The molecule has 1 saturated carbocycles. The molecule has 1 unspecified atom stereocenters. The van der Waals surface area contributed by atoms with E-state index in [1.54, 1.807) is 0 Å². The quantitative estimate of drug-likeness (QED) is 0.779. The topological polar surface area (TPSA) is 120 Å². The molecule has 8 nitrogen and oxygen atoms in total. The van der Waals surface area contributed by atoms with Crippen LogP contribution in [0.25, 0.3) is 0 Å². The second kappa shape index (κ2) is 5.28. The second-order valence-corrected chi connectivity index (χ2v) is 8.22. The summed E-state index contributed by atoms with van der Waals surface area (Å²) in [5.41, 5.74) is 0.638. The van der Waals surface area contributed by atoms with E-state index >= 15 is 0 Å². The average Bonchev–Trinajstić information content (AvgIpc) is 3.07. The number of anilines is 1. The van der Waals surface area contributed by atoms with E-state index in [1.165, 1.54) is 12.0 Å². The van der Waals surface area contributed by atoms with Gasteiger partial charge in [0.1, 0.15) is 10.1 Å². The van der Waals surface area contributed by atoms with Crippen LogP contribution in [0.1, 0.15) is 40.5 Å². The van der Waals surface area contributed by atoms with E-state index in [0.717, 1.165) is 24.2 Å². The van der Waals surface area contributed by atoms with E-state index < -0.39 is 21.2 Å². The number of primary sulfonamides is 1. The first-order valence-corrected chi connectivity index (χ1v) is 9.15. The van der Waals surface area contributed by atoms with Gasteiger partial charge in [0.2, 0.25) is 15.9 Å². The number of nitrogens with zero attached hydrogens (tertiary/aromatic N) is 2. The Bertz CT molecular complexity index is 738. The molecule has 1 atom stereocenters. The van der Waals surface area contributed by atoms with Gasteiger partial charge in [-0.05, 0) is 12.8 Å². The number of sulfonamides is 1. The van der Waals surface area contributed by atoms with Crippen molar-refractivity contribution in [1.82, 2.24) is 4.98 Å². The number of carbonyl (C=O) groups excluding carboxylic acids is 2. The Morgan fingerprint density at radius 2 is 2.14 bits per heavy atom. The summed E-state index contributed by atoms with van der Waals surface area (Å²) in [6.45, 7) is -0.0318. The Balaban J connectivity index is 1.92. The molecule has 2 N–H and O–H groups in total. The van der Waals surface area contributed by atoms with Crippen LogP contribution >= 0.6 is 11.3 Å². The van der Waals surface area contributed by atoms with Gasteiger partial charge in [0.05, 0.1) is 12.8 Å². The highest BCUT2D eigenvalue weighted by atomic mass is 32.2. The van der Waals surface area contributed by atoms with Gasteiger partial charge in [-0.3, -0.25) is 9.69 Å². The van der Waals surface area contributed by atoms with Gasteiger partial charge >= 0.3 is 5.97 Å². The highest BCUT2D eigenvalue weighted by molar-refractivity contribution is 7.89. The molecule has 22 heavy (non-hydrogen) atoms. The van der Waals surface area contributed by atoms with Crippen molar-refractivity contribution in [1.29, 1.82) is 0 Å². The van der Waals surface area contributed by atoms with Crippen molar-refractivity contribution in [2.24, 2.45) is 5.14 Å². The molecule has 2 aliphatic rings.